The highest BCUT2D eigenvalue weighted by Gasteiger charge is 2.45. The molecule has 2 aliphatic rings. The maximum absolute atomic E-state index is 13.5. The fraction of sp³-hybridized carbons (Fsp3) is 0.632. The van der Waals surface area contributed by atoms with Gasteiger partial charge in [-0.05, 0) is 30.0 Å². The van der Waals surface area contributed by atoms with E-state index in [9.17, 15) is 10.0 Å². The number of hydrogen-bond donors (Lipinski definition) is 0. The summed E-state index contributed by atoms with van der Waals surface area (Å²) in [6.07, 6.45) is 1.87. The summed E-state index contributed by atoms with van der Waals surface area (Å²) in [7, 11) is 3.21. The van der Waals surface area contributed by atoms with Gasteiger partial charge in [-0.25, -0.2) is 0 Å². The zero-order chi connectivity index (χ0) is 17.5. The SMILES string of the molecule is COc1cc2c(cc1OC)[C@@H]1CC(=O)[C@@H](CC(C)C)C[N+]1([O-])CC2. The Labute approximate surface area is 143 Å². The smallest absolute Gasteiger partial charge is 0.161 e. The summed E-state index contributed by atoms with van der Waals surface area (Å²) in [5.41, 5.74) is 2.07. The van der Waals surface area contributed by atoms with Crippen molar-refractivity contribution >= 4 is 5.78 Å². The Kier molecular flexibility index (Phi) is 4.58. The number of Topliss-reactive ketones (excluding diaryl/α,β-unsaturated/α-hetero) is 1. The number of fused-ring (bicyclic) bond motifs is 3. The molecular weight excluding hydrogens is 306 g/mol. The molecule has 132 valence electrons. The number of hydroxylamine groups is 3. The summed E-state index contributed by atoms with van der Waals surface area (Å²) in [6.45, 7) is 5.17. The van der Waals surface area contributed by atoms with Crippen molar-refractivity contribution in [1.29, 1.82) is 0 Å². The minimum Gasteiger partial charge on any atom is -0.632 e. The van der Waals surface area contributed by atoms with Crippen LogP contribution < -0.4 is 9.47 Å². The average Bonchev–Trinajstić information content (AvgIpc) is 2.54. The zero-order valence-corrected chi connectivity index (χ0v) is 15.0. The first-order chi connectivity index (χ1) is 11.4. The molecule has 2 aliphatic heterocycles. The molecule has 1 aromatic carbocycles. The van der Waals surface area contributed by atoms with Crippen molar-refractivity contribution in [2.45, 2.75) is 39.2 Å². The molecule has 3 atom stereocenters. The van der Waals surface area contributed by atoms with Crippen molar-refractivity contribution in [1.82, 2.24) is 0 Å². The summed E-state index contributed by atoms with van der Waals surface area (Å²) in [6, 6.07) is 3.56. The highest BCUT2D eigenvalue weighted by Crippen LogP contribution is 2.46. The highest BCUT2D eigenvalue weighted by molar-refractivity contribution is 5.82. The Balaban J connectivity index is 1.96. The minimum absolute atomic E-state index is 0.0968. The van der Waals surface area contributed by atoms with Crippen molar-refractivity contribution in [3.63, 3.8) is 0 Å². The van der Waals surface area contributed by atoms with Crippen LogP contribution in [0.25, 0.3) is 0 Å². The molecule has 0 amide bonds. The van der Waals surface area contributed by atoms with Crippen LogP contribution in [0.2, 0.25) is 0 Å². The molecule has 1 unspecified atom stereocenters. The van der Waals surface area contributed by atoms with E-state index in [0.717, 1.165) is 24.0 Å². The molecule has 0 spiro atoms. The first-order valence-electron chi connectivity index (χ1n) is 8.73. The Bertz CT molecular complexity index is 642. The molecule has 24 heavy (non-hydrogen) atoms. The van der Waals surface area contributed by atoms with E-state index in [1.165, 1.54) is 0 Å². The third-order valence-electron chi connectivity index (χ3n) is 5.47. The van der Waals surface area contributed by atoms with E-state index >= 15 is 0 Å². The first kappa shape index (κ1) is 17.2. The number of methoxy groups -OCH3 is 2. The first-order valence-corrected chi connectivity index (χ1v) is 8.73. The van der Waals surface area contributed by atoms with Crippen LogP contribution in [0.1, 0.15) is 43.9 Å². The number of piperidine rings is 1. The summed E-state index contributed by atoms with van der Waals surface area (Å²) in [4.78, 5) is 12.6. The fourth-order valence-corrected chi connectivity index (χ4v) is 4.28. The van der Waals surface area contributed by atoms with Crippen molar-refractivity contribution in [3.05, 3.63) is 28.5 Å². The molecule has 1 fully saturated rings. The quantitative estimate of drug-likeness (QED) is 0.627. The molecular formula is C19H27NO4. The van der Waals surface area contributed by atoms with Crippen molar-refractivity contribution < 1.29 is 18.9 Å². The second-order valence-electron chi connectivity index (χ2n) is 7.53. The number of hydrogen-bond acceptors (Lipinski definition) is 4. The lowest BCUT2D eigenvalue weighted by Gasteiger charge is -2.55. The largest absolute Gasteiger partial charge is 0.632 e. The Hall–Kier alpha value is -1.59. The number of carbonyl (C=O) groups excluding carboxylic acids is 1. The third-order valence-corrected chi connectivity index (χ3v) is 5.47. The zero-order valence-electron chi connectivity index (χ0n) is 15.0. The van der Waals surface area contributed by atoms with Crippen LogP contribution in [0, 0.1) is 17.0 Å². The predicted molar refractivity (Wildman–Crippen MR) is 91.9 cm³/mol. The molecule has 2 heterocycles. The average molecular weight is 333 g/mol. The van der Waals surface area contributed by atoms with Gasteiger partial charge in [-0.3, -0.25) is 4.79 Å². The maximum Gasteiger partial charge on any atom is 0.161 e. The Morgan fingerprint density at radius 2 is 1.92 bits per heavy atom. The van der Waals surface area contributed by atoms with Gasteiger partial charge < -0.3 is 19.3 Å². The summed E-state index contributed by atoms with van der Waals surface area (Å²) >= 11 is 0. The van der Waals surface area contributed by atoms with Gasteiger partial charge in [0.2, 0.25) is 0 Å². The second kappa shape index (κ2) is 6.37. The van der Waals surface area contributed by atoms with Gasteiger partial charge in [0.05, 0.1) is 39.6 Å². The number of carbonyl (C=O) groups is 1. The topological polar surface area (TPSA) is 58.6 Å². The van der Waals surface area contributed by atoms with E-state index in [2.05, 4.69) is 13.8 Å². The van der Waals surface area contributed by atoms with Crippen LogP contribution in [-0.4, -0.2) is 37.7 Å². The second-order valence-corrected chi connectivity index (χ2v) is 7.53. The van der Waals surface area contributed by atoms with Gasteiger partial charge in [-0.15, -0.1) is 0 Å². The summed E-state index contributed by atoms with van der Waals surface area (Å²) < 4.78 is 10.5. The lowest BCUT2D eigenvalue weighted by atomic mass is 9.79. The molecule has 0 radical (unpaired) electrons. The number of rotatable bonds is 4. The minimum atomic E-state index is -0.301. The van der Waals surface area contributed by atoms with E-state index in [-0.39, 0.29) is 22.4 Å². The van der Waals surface area contributed by atoms with E-state index in [1.54, 1.807) is 14.2 Å². The van der Waals surface area contributed by atoms with Crippen LogP contribution >= 0.6 is 0 Å². The lowest BCUT2D eigenvalue weighted by Crippen LogP contribution is -2.57. The lowest BCUT2D eigenvalue weighted by molar-refractivity contribution is -0.918. The monoisotopic (exact) mass is 333 g/mol. The van der Waals surface area contributed by atoms with Crippen LogP contribution in [0.15, 0.2) is 12.1 Å². The summed E-state index contributed by atoms with van der Waals surface area (Å²) in [5, 5.41) is 13.5. The van der Waals surface area contributed by atoms with Gasteiger partial charge in [-0.2, -0.15) is 0 Å². The van der Waals surface area contributed by atoms with Crippen LogP contribution in [0.5, 0.6) is 11.5 Å². The molecule has 1 saturated heterocycles. The molecule has 0 N–H and O–H groups in total. The third kappa shape index (κ3) is 2.91. The molecule has 0 aromatic heterocycles. The molecule has 1 aromatic rings. The molecule has 0 bridgehead atoms. The number of ketones is 1. The standard InChI is InChI=1S/C19H27NO4/c1-12(2)7-14-11-20(22)6-5-13-8-18(23-3)19(24-4)9-15(13)16(20)10-17(14)21/h8-9,12,14,16H,5-7,10-11H2,1-4H3/t14-,16-,20?/m0/s1. The van der Waals surface area contributed by atoms with Gasteiger partial charge in [0.25, 0.3) is 0 Å². The number of ether oxygens (including phenoxy) is 2. The van der Waals surface area contributed by atoms with Crippen LogP contribution in [0.4, 0.5) is 0 Å². The number of quaternary nitrogens is 1. The fourth-order valence-electron chi connectivity index (χ4n) is 4.28. The Morgan fingerprint density at radius 1 is 1.25 bits per heavy atom. The van der Waals surface area contributed by atoms with Gasteiger partial charge in [-0.1, -0.05) is 13.8 Å². The Morgan fingerprint density at radius 3 is 2.54 bits per heavy atom. The van der Waals surface area contributed by atoms with E-state index < -0.39 is 0 Å². The molecule has 0 aliphatic carbocycles. The molecule has 3 rings (SSSR count). The highest BCUT2D eigenvalue weighted by atomic mass is 16.5. The predicted octanol–water partition coefficient (Wildman–Crippen LogP) is 3.25. The number of nitrogens with zero attached hydrogens (tertiary/aromatic N) is 1. The van der Waals surface area contributed by atoms with Gasteiger partial charge in [0, 0.05) is 12.0 Å². The maximum atomic E-state index is 13.5. The molecule has 5 nitrogen and oxygen atoms in total. The van der Waals surface area contributed by atoms with Crippen LogP contribution in [0.3, 0.4) is 0 Å². The normalized spacial score (nSPS) is 29.2. The van der Waals surface area contributed by atoms with E-state index in [1.807, 2.05) is 12.1 Å². The van der Waals surface area contributed by atoms with Crippen molar-refractivity contribution in [2.24, 2.45) is 11.8 Å². The molecule has 5 heteroatoms. The van der Waals surface area contributed by atoms with E-state index in [4.69, 9.17) is 9.47 Å². The van der Waals surface area contributed by atoms with Crippen LogP contribution in [-0.2, 0) is 11.2 Å². The van der Waals surface area contributed by atoms with Crippen molar-refractivity contribution in [2.75, 3.05) is 27.3 Å². The molecule has 0 saturated carbocycles. The van der Waals surface area contributed by atoms with E-state index in [0.29, 0.717) is 36.9 Å². The van der Waals surface area contributed by atoms with Gasteiger partial charge >= 0.3 is 0 Å². The van der Waals surface area contributed by atoms with Gasteiger partial charge in [0.15, 0.2) is 11.5 Å². The summed E-state index contributed by atoms with van der Waals surface area (Å²) in [5.74, 6) is 1.88. The number of benzene rings is 1. The van der Waals surface area contributed by atoms with Gasteiger partial charge in [0.1, 0.15) is 11.8 Å². The van der Waals surface area contributed by atoms with Crippen molar-refractivity contribution in [3.8, 4) is 11.5 Å².